The third-order valence-electron chi connectivity index (χ3n) is 4.02. The molecule has 0 atom stereocenters. The number of hydrogen-bond donors (Lipinski definition) is 0. The maximum absolute atomic E-state index is 11.1. The molecule has 2 rings (SSSR count). The van der Waals surface area contributed by atoms with Crippen molar-refractivity contribution in [2.75, 3.05) is 0 Å². The Kier molecular flexibility index (Phi) is 2.13. The van der Waals surface area contributed by atoms with Gasteiger partial charge in [0.2, 0.25) is 0 Å². The predicted octanol–water partition coefficient (Wildman–Crippen LogP) is 2.20. The lowest BCUT2D eigenvalue weighted by molar-refractivity contribution is -0.126. The van der Waals surface area contributed by atoms with Crippen molar-refractivity contribution in [3.63, 3.8) is 0 Å². The van der Waals surface area contributed by atoms with E-state index in [9.17, 15) is 4.79 Å². The van der Waals surface area contributed by atoms with Gasteiger partial charge in [0.1, 0.15) is 5.78 Å². The number of Topliss-reactive ketones (excluding diaryl/α,β-unsaturated/α-hetero) is 1. The predicted molar refractivity (Wildman–Crippen MR) is 58.7 cm³/mol. The van der Waals surface area contributed by atoms with Gasteiger partial charge in [-0.25, -0.2) is 0 Å². The highest BCUT2D eigenvalue weighted by Crippen LogP contribution is 2.53. The Morgan fingerprint density at radius 2 is 1.40 bits per heavy atom. The highest BCUT2D eigenvalue weighted by molar-refractivity contribution is 6.51. The maximum Gasteiger partial charge on any atom is 0.465 e. The van der Waals surface area contributed by atoms with Crippen LogP contribution in [0.5, 0.6) is 0 Å². The first-order valence-corrected chi connectivity index (χ1v) is 5.54. The second-order valence-corrected chi connectivity index (χ2v) is 6.13. The molecule has 84 valence electrons. The van der Waals surface area contributed by atoms with Crippen molar-refractivity contribution in [1.82, 2.24) is 0 Å². The average Bonchev–Trinajstić information content (AvgIpc) is 2.19. The van der Waals surface area contributed by atoms with Crippen molar-refractivity contribution in [3.05, 3.63) is 0 Å². The van der Waals surface area contributed by atoms with E-state index in [1.54, 1.807) is 0 Å². The summed E-state index contributed by atoms with van der Waals surface area (Å²) in [5, 5.41) is -0.109. The summed E-state index contributed by atoms with van der Waals surface area (Å²) >= 11 is 0. The van der Waals surface area contributed by atoms with E-state index in [0.29, 0.717) is 18.6 Å². The molecule has 0 aromatic rings. The molecule has 1 saturated carbocycles. The van der Waals surface area contributed by atoms with Crippen LogP contribution in [0.15, 0.2) is 0 Å². The van der Waals surface area contributed by atoms with Gasteiger partial charge in [-0.1, -0.05) is 6.92 Å². The van der Waals surface area contributed by atoms with E-state index in [0.717, 1.165) is 0 Å². The van der Waals surface area contributed by atoms with Gasteiger partial charge in [0.25, 0.3) is 0 Å². The first-order valence-electron chi connectivity index (χ1n) is 5.54. The van der Waals surface area contributed by atoms with Crippen LogP contribution in [0.3, 0.4) is 0 Å². The summed E-state index contributed by atoms with van der Waals surface area (Å²) in [4.78, 5) is 11.1. The molecule has 1 heterocycles. The quantitative estimate of drug-likeness (QED) is 0.622. The van der Waals surface area contributed by atoms with Crippen LogP contribution >= 0.6 is 0 Å². The second-order valence-electron chi connectivity index (χ2n) is 6.13. The van der Waals surface area contributed by atoms with E-state index >= 15 is 0 Å². The van der Waals surface area contributed by atoms with Crippen molar-refractivity contribution in [2.45, 2.75) is 64.0 Å². The van der Waals surface area contributed by atoms with Gasteiger partial charge in [-0.3, -0.25) is 4.79 Å². The van der Waals surface area contributed by atoms with Gasteiger partial charge >= 0.3 is 7.12 Å². The van der Waals surface area contributed by atoms with E-state index in [1.165, 1.54) is 0 Å². The smallest absolute Gasteiger partial charge is 0.403 e. The van der Waals surface area contributed by atoms with Crippen LogP contribution in [0.4, 0.5) is 0 Å². The van der Waals surface area contributed by atoms with Crippen LogP contribution in [-0.4, -0.2) is 24.1 Å². The van der Waals surface area contributed by atoms with Crippen LogP contribution in [0, 0.1) is 0 Å². The Hall–Kier alpha value is -0.345. The third kappa shape index (κ3) is 1.54. The summed E-state index contributed by atoms with van der Waals surface area (Å²) in [6, 6.07) is 0. The molecular weight excluding hydrogens is 191 g/mol. The molecule has 1 aliphatic carbocycles. The molecule has 1 saturated heterocycles. The number of ketones is 1. The number of carbonyl (C=O) groups excluding carboxylic acids is 1. The summed E-state index contributed by atoms with van der Waals surface area (Å²) in [6.45, 7) is 10.2. The van der Waals surface area contributed by atoms with Crippen molar-refractivity contribution < 1.29 is 14.1 Å². The Morgan fingerprint density at radius 3 is 1.73 bits per heavy atom. The second kappa shape index (κ2) is 2.86. The number of hydrogen-bond acceptors (Lipinski definition) is 3. The van der Waals surface area contributed by atoms with E-state index in [4.69, 9.17) is 9.31 Å². The summed E-state index contributed by atoms with van der Waals surface area (Å²) in [5.41, 5.74) is -0.585. The molecule has 4 heteroatoms. The molecule has 0 aromatic carbocycles. The molecule has 0 bridgehead atoms. The SMILES string of the molecule is CC1(B2OC(C)(C)C(C)(C)O2)CC(=O)C1. The Balaban J connectivity index is 2.13. The first-order chi connectivity index (χ1) is 6.66. The van der Waals surface area contributed by atoms with E-state index < -0.39 is 0 Å². The fourth-order valence-electron chi connectivity index (χ4n) is 2.14. The summed E-state index contributed by atoms with van der Waals surface area (Å²) < 4.78 is 11.9. The standard InChI is InChI=1S/C11H19BO3/c1-9(2)10(3,4)15-12(14-9)11(5)6-8(13)7-11/h6-7H2,1-5H3. The Morgan fingerprint density at radius 1 is 1.00 bits per heavy atom. The van der Waals surface area contributed by atoms with Crippen molar-refractivity contribution in [2.24, 2.45) is 0 Å². The van der Waals surface area contributed by atoms with Gasteiger partial charge in [-0.15, -0.1) is 0 Å². The van der Waals surface area contributed by atoms with Gasteiger partial charge in [0.15, 0.2) is 0 Å². The summed E-state index contributed by atoms with van der Waals surface area (Å²) in [7, 11) is -0.236. The van der Waals surface area contributed by atoms with Crippen LogP contribution in [0.2, 0.25) is 5.31 Å². The molecule has 0 radical (unpaired) electrons. The van der Waals surface area contributed by atoms with Crippen molar-refractivity contribution in [1.29, 1.82) is 0 Å². The molecule has 0 spiro atoms. The Labute approximate surface area is 91.7 Å². The normalized spacial score (nSPS) is 31.5. The maximum atomic E-state index is 11.1. The van der Waals surface area contributed by atoms with Crippen LogP contribution in [0.25, 0.3) is 0 Å². The van der Waals surface area contributed by atoms with Crippen molar-refractivity contribution >= 4 is 12.9 Å². The monoisotopic (exact) mass is 210 g/mol. The zero-order valence-corrected chi connectivity index (χ0v) is 10.2. The zero-order valence-electron chi connectivity index (χ0n) is 10.2. The zero-order chi connectivity index (χ0) is 11.5. The molecule has 0 N–H and O–H groups in total. The number of rotatable bonds is 1. The molecule has 0 unspecified atom stereocenters. The average molecular weight is 210 g/mol. The summed E-state index contributed by atoms with van der Waals surface area (Å²) in [6.07, 6.45) is 1.17. The molecular formula is C11H19BO3. The first kappa shape index (κ1) is 11.1. The third-order valence-corrected chi connectivity index (χ3v) is 4.02. The molecule has 0 aromatic heterocycles. The highest BCUT2D eigenvalue weighted by Gasteiger charge is 2.61. The van der Waals surface area contributed by atoms with Gasteiger partial charge in [0, 0.05) is 18.2 Å². The topological polar surface area (TPSA) is 35.5 Å². The van der Waals surface area contributed by atoms with Gasteiger partial charge < -0.3 is 9.31 Å². The van der Waals surface area contributed by atoms with Crippen LogP contribution in [-0.2, 0) is 14.1 Å². The van der Waals surface area contributed by atoms with E-state index in [-0.39, 0.29) is 23.6 Å². The Bertz CT molecular complexity index is 285. The largest absolute Gasteiger partial charge is 0.465 e. The molecule has 2 fully saturated rings. The van der Waals surface area contributed by atoms with Crippen LogP contribution in [0.1, 0.15) is 47.5 Å². The molecule has 2 aliphatic rings. The minimum absolute atomic E-state index is 0.109. The highest BCUT2D eigenvalue weighted by atomic mass is 16.7. The van der Waals surface area contributed by atoms with Gasteiger partial charge in [0.05, 0.1) is 11.2 Å². The summed E-state index contributed by atoms with van der Waals surface area (Å²) in [5.74, 6) is 0.312. The fraction of sp³-hybridized carbons (Fsp3) is 0.909. The van der Waals surface area contributed by atoms with Crippen LogP contribution < -0.4 is 0 Å². The minimum atomic E-state index is -0.292. The lowest BCUT2D eigenvalue weighted by atomic mass is 9.47. The molecule has 15 heavy (non-hydrogen) atoms. The molecule has 3 nitrogen and oxygen atoms in total. The van der Waals surface area contributed by atoms with E-state index in [1.807, 2.05) is 27.7 Å². The molecule has 0 amide bonds. The number of carbonyl (C=O) groups is 1. The fourth-order valence-corrected chi connectivity index (χ4v) is 2.14. The van der Waals surface area contributed by atoms with Gasteiger partial charge in [-0.05, 0) is 27.7 Å². The van der Waals surface area contributed by atoms with E-state index in [2.05, 4.69) is 6.92 Å². The lowest BCUT2D eigenvalue weighted by Gasteiger charge is -2.37. The van der Waals surface area contributed by atoms with Crippen molar-refractivity contribution in [3.8, 4) is 0 Å². The molecule has 1 aliphatic heterocycles. The minimum Gasteiger partial charge on any atom is -0.403 e. The lowest BCUT2D eigenvalue weighted by Crippen LogP contribution is -2.43. The van der Waals surface area contributed by atoms with Gasteiger partial charge in [-0.2, -0.15) is 0 Å².